The number of hydrogen-bond donors (Lipinski definition) is 1. The number of aromatic nitrogens is 2. The van der Waals surface area contributed by atoms with Gasteiger partial charge in [0.15, 0.2) is 5.16 Å². The van der Waals surface area contributed by atoms with Crippen molar-refractivity contribution in [3.8, 4) is 0 Å². The van der Waals surface area contributed by atoms with Crippen molar-refractivity contribution in [2.75, 3.05) is 24.2 Å². The molecule has 92 valence electrons. The summed E-state index contributed by atoms with van der Waals surface area (Å²) >= 11 is 1.49. The molecule has 1 fully saturated rings. The molecule has 0 spiro atoms. The second-order valence-corrected chi connectivity index (χ2v) is 4.80. The topological polar surface area (TPSA) is 66.3 Å². The smallest absolute Gasteiger partial charge is 0.308 e. The minimum atomic E-state index is -0.714. The number of nitrogens with zero attached hydrogens (tertiary/aromatic N) is 3. The zero-order chi connectivity index (χ0) is 12.3. The van der Waals surface area contributed by atoms with Gasteiger partial charge in [-0.15, -0.1) is 0 Å². The fourth-order valence-corrected chi connectivity index (χ4v) is 2.34. The van der Waals surface area contributed by atoms with Gasteiger partial charge in [-0.05, 0) is 25.2 Å². The lowest BCUT2D eigenvalue weighted by Crippen LogP contribution is -2.39. The van der Waals surface area contributed by atoms with Crippen molar-refractivity contribution in [2.24, 2.45) is 5.92 Å². The van der Waals surface area contributed by atoms with Gasteiger partial charge >= 0.3 is 5.97 Å². The number of hydrogen-bond acceptors (Lipinski definition) is 5. The maximum atomic E-state index is 11.0. The van der Waals surface area contributed by atoms with Gasteiger partial charge in [-0.3, -0.25) is 4.79 Å². The summed E-state index contributed by atoms with van der Waals surface area (Å²) in [5.41, 5.74) is 0. The minimum absolute atomic E-state index is 0.281. The van der Waals surface area contributed by atoms with E-state index in [-0.39, 0.29) is 5.92 Å². The predicted octanol–water partition coefficient (Wildman–Crippen LogP) is 1.50. The second kappa shape index (κ2) is 5.35. The molecule has 1 saturated heterocycles. The first-order valence-electron chi connectivity index (χ1n) is 5.55. The van der Waals surface area contributed by atoms with Gasteiger partial charge in [-0.2, -0.15) is 0 Å². The van der Waals surface area contributed by atoms with Crippen LogP contribution in [0.1, 0.15) is 12.8 Å². The molecule has 2 heterocycles. The highest BCUT2D eigenvalue weighted by atomic mass is 32.2. The molecule has 0 aromatic carbocycles. The Hall–Kier alpha value is -1.30. The van der Waals surface area contributed by atoms with Gasteiger partial charge in [0.1, 0.15) is 5.82 Å². The maximum absolute atomic E-state index is 11.0. The van der Waals surface area contributed by atoms with Gasteiger partial charge in [0.25, 0.3) is 0 Å². The number of rotatable bonds is 3. The van der Waals surface area contributed by atoms with Crippen LogP contribution in [0.5, 0.6) is 0 Å². The third-order valence-corrected chi connectivity index (χ3v) is 3.46. The van der Waals surface area contributed by atoms with E-state index in [1.807, 2.05) is 17.2 Å². The van der Waals surface area contributed by atoms with E-state index < -0.39 is 5.97 Å². The molecular formula is C11H15N3O2S. The van der Waals surface area contributed by atoms with Crippen molar-refractivity contribution in [1.82, 2.24) is 9.97 Å². The molecule has 6 heteroatoms. The molecule has 0 saturated carbocycles. The van der Waals surface area contributed by atoms with Crippen LogP contribution in [0.4, 0.5) is 5.82 Å². The highest BCUT2D eigenvalue weighted by Gasteiger charge is 2.26. The van der Waals surface area contributed by atoms with Gasteiger partial charge in [0.05, 0.1) is 5.92 Å². The van der Waals surface area contributed by atoms with Gasteiger partial charge in [0, 0.05) is 19.3 Å². The lowest BCUT2D eigenvalue weighted by Gasteiger charge is -2.31. The number of thioether (sulfide) groups is 1. The maximum Gasteiger partial charge on any atom is 0.308 e. The standard InChI is InChI=1S/C11H15N3O2S/c1-17-11-12-5-4-9(13-11)14-6-2-3-8(7-14)10(15)16/h4-5,8H,2-3,6-7H2,1H3,(H,15,16). The van der Waals surface area contributed by atoms with E-state index in [1.54, 1.807) is 6.20 Å². The number of aliphatic carboxylic acids is 1. The van der Waals surface area contributed by atoms with Crippen molar-refractivity contribution in [3.05, 3.63) is 12.3 Å². The SMILES string of the molecule is CSc1nccc(N2CCCC(C(=O)O)C2)n1. The highest BCUT2D eigenvalue weighted by molar-refractivity contribution is 7.98. The van der Waals surface area contributed by atoms with Crippen LogP contribution in [0.25, 0.3) is 0 Å². The molecule has 0 radical (unpaired) electrons. The average molecular weight is 253 g/mol. The van der Waals surface area contributed by atoms with Crippen LogP contribution < -0.4 is 4.90 Å². The number of anilines is 1. The summed E-state index contributed by atoms with van der Waals surface area (Å²) in [6, 6.07) is 1.84. The summed E-state index contributed by atoms with van der Waals surface area (Å²) in [4.78, 5) is 21.5. The van der Waals surface area contributed by atoms with E-state index in [2.05, 4.69) is 9.97 Å². The van der Waals surface area contributed by atoms with Crippen molar-refractivity contribution >= 4 is 23.5 Å². The van der Waals surface area contributed by atoms with Gasteiger partial charge < -0.3 is 10.0 Å². The Balaban J connectivity index is 2.13. The minimum Gasteiger partial charge on any atom is -0.481 e. The molecule has 1 aromatic heterocycles. The molecule has 17 heavy (non-hydrogen) atoms. The lowest BCUT2D eigenvalue weighted by atomic mass is 9.98. The normalized spacial score (nSPS) is 20.3. The number of carboxylic acids is 1. The van der Waals surface area contributed by atoms with Crippen LogP contribution in [0, 0.1) is 5.92 Å². The van der Waals surface area contributed by atoms with Crippen LogP contribution in [0.3, 0.4) is 0 Å². The fourth-order valence-electron chi connectivity index (χ4n) is 1.99. The Labute approximate surface area is 104 Å². The van der Waals surface area contributed by atoms with Crippen LogP contribution >= 0.6 is 11.8 Å². The Morgan fingerprint density at radius 3 is 3.18 bits per heavy atom. The third kappa shape index (κ3) is 2.88. The Kier molecular flexibility index (Phi) is 3.83. The van der Waals surface area contributed by atoms with Crippen LogP contribution in [0.2, 0.25) is 0 Å². The molecular weight excluding hydrogens is 238 g/mol. The number of piperidine rings is 1. The Bertz CT molecular complexity index is 413. The first-order valence-corrected chi connectivity index (χ1v) is 6.78. The Morgan fingerprint density at radius 2 is 2.47 bits per heavy atom. The molecule has 1 aromatic rings. The van der Waals surface area contributed by atoms with E-state index in [1.165, 1.54) is 11.8 Å². The molecule has 1 aliphatic rings. The van der Waals surface area contributed by atoms with Crippen molar-refractivity contribution in [1.29, 1.82) is 0 Å². The van der Waals surface area contributed by atoms with Crippen LogP contribution in [-0.4, -0.2) is 40.4 Å². The first kappa shape index (κ1) is 12.2. The summed E-state index contributed by atoms with van der Waals surface area (Å²) in [7, 11) is 0. The first-order chi connectivity index (χ1) is 8.20. The average Bonchev–Trinajstić information content (AvgIpc) is 2.39. The largest absolute Gasteiger partial charge is 0.481 e. The summed E-state index contributed by atoms with van der Waals surface area (Å²) < 4.78 is 0. The van der Waals surface area contributed by atoms with Gasteiger partial charge in [-0.1, -0.05) is 11.8 Å². The molecule has 5 nitrogen and oxygen atoms in total. The third-order valence-electron chi connectivity index (χ3n) is 2.90. The zero-order valence-electron chi connectivity index (χ0n) is 9.67. The summed E-state index contributed by atoms with van der Waals surface area (Å²) in [6.07, 6.45) is 5.30. The molecule has 1 atom stereocenters. The summed E-state index contributed by atoms with van der Waals surface area (Å²) in [6.45, 7) is 1.41. The number of carbonyl (C=O) groups is 1. The van der Waals surface area contributed by atoms with E-state index in [0.29, 0.717) is 6.54 Å². The molecule has 0 aliphatic carbocycles. The Morgan fingerprint density at radius 1 is 1.65 bits per heavy atom. The van der Waals surface area contributed by atoms with E-state index in [9.17, 15) is 4.79 Å². The summed E-state index contributed by atoms with van der Waals surface area (Å²) in [5.74, 6) is -0.166. The fraction of sp³-hybridized carbons (Fsp3) is 0.545. The van der Waals surface area contributed by atoms with E-state index in [0.717, 1.165) is 30.4 Å². The van der Waals surface area contributed by atoms with E-state index >= 15 is 0 Å². The molecule has 1 unspecified atom stereocenters. The summed E-state index contributed by atoms with van der Waals surface area (Å²) in [5, 5.41) is 9.76. The molecule has 0 bridgehead atoms. The number of carboxylic acid groups (broad SMARTS) is 1. The molecule has 1 aliphatic heterocycles. The zero-order valence-corrected chi connectivity index (χ0v) is 10.5. The predicted molar refractivity (Wildman–Crippen MR) is 66.4 cm³/mol. The second-order valence-electron chi connectivity index (χ2n) is 4.02. The van der Waals surface area contributed by atoms with Gasteiger partial charge in [0.2, 0.25) is 0 Å². The lowest BCUT2D eigenvalue weighted by molar-refractivity contribution is -0.141. The quantitative estimate of drug-likeness (QED) is 0.650. The monoisotopic (exact) mass is 253 g/mol. The molecule has 1 N–H and O–H groups in total. The van der Waals surface area contributed by atoms with Crippen molar-refractivity contribution in [3.63, 3.8) is 0 Å². The van der Waals surface area contributed by atoms with Crippen LogP contribution in [0.15, 0.2) is 17.4 Å². The van der Waals surface area contributed by atoms with E-state index in [4.69, 9.17) is 5.11 Å². The van der Waals surface area contributed by atoms with Gasteiger partial charge in [-0.25, -0.2) is 9.97 Å². The molecule has 0 amide bonds. The highest BCUT2D eigenvalue weighted by Crippen LogP contribution is 2.22. The molecule has 2 rings (SSSR count). The van der Waals surface area contributed by atoms with Crippen LogP contribution in [-0.2, 0) is 4.79 Å². The van der Waals surface area contributed by atoms with Crippen molar-refractivity contribution in [2.45, 2.75) is 18.0 Å². The van der Waals surface area contributed by atoms with Crippen molar-refractivity contribution < 1.29 is 9.90 Å².